The van der Waals surface area contributed by atoms with Gasteiger partial charge in [-0.05, 0) is 0 Å². The second-order valence-electron chi connectivity index (χ2n) is 2.86. The van der Waals surface area contributed by atoms with Crippen LogP contribution in [-0.4, -0.2) is 16.3 Å². The molecule has 7 nitrogen and oxygen atoms in total. The molecule has 17 heavy (non-hydrogen) atoms. The van der Waals surface area contributed by atoms with Gasteiger partial charge in [-0.25, -0.2) is 4.98 Å². The van der Waals surface area contributed by atoms with Gasteiger partial charge in [0.25, 0.3) is 0 Å². The van der Waals surface area contributed by atoms with Crippen molar-refractivity contribution in [3.05, 3.63) is 21.9 Å². The second kappa shape index (κ2) is 4.41. The van der Waals surface area contributed by atoms with Gasteiger partial charge >= 0.3 is 17.9 Å². The van der Waals surface area contributed by atoms with Crippen molar-refractivity contribution >= 4 is 11.4 Å². The van der Waals surface area contributed by atoms with Crippen molar-refractivity contribution in [3.8, 4) is 5.88 Å². The zero-order chi connectivity index (χ0) is 13.2. The molecule has 0 aliphatic heterocycles. The molecule has 1 aromatic rings. The summed E-state index contributed by atoms with van der Waals surface area (Å²) in [6.45, 7) is -0.266. The molecule has 0 aliphatic carbocycles. The quantitative estimate of drug-likeness (QED) is 0.610. The standard InChI is InChI=1S/C7H7F3N4O3/c8-7(9,10)17-6-5(14(15)16)1-3(12)4(2-11)13-6/h1H,2,11-12H2. The van der Waals surface area contributed by atoms with Gasteiger partial charge in [0.1, 0.15) is 0 Å². The Balaban J connectivity index is 3.29. The monoisotopic (exact) mass is 252 g/mol. The Morgan fingerprint density at radius 1 is 1.53 bits per heavy atom. The molecular formula is C7H7F3N4O3. The van der Waals surface area contributed by atoms with Gasteiger partial charge in [0.2, 0.25) is 0 Å². The SMILES string of the molecule is NCc1nc(OC(F)(F)F)c([N+](=O)[O-])cc1N. The Morgan fingerprint density at radius 3 is 2.53 bits per heavy atom. The van der Waals surface area contributed by atoms with E-state index in [-0.39, 0.29) is 17.9 Å². The summed E-state index contributed by atoms with van der Waals surface area (Å²) < 4.78 is 39.3. The number of nitrogen functional groups attached to an aromatic ring is 1. The van der Waals surface area contributed by atoms with E-state index in [0.717, 1.165) is 6.07 Å². The molecule has 0 radical (unpaired) electrons. The summed E-state index contributed by atoms with van der Waals surface area (Å²) in [5.74, 6) is -1.18. The first-order valence-electron chi connectivity index (χ1n) is 4.14. The van der Waals surface area contributed by atoms with E-state index in [0.29, 0.717) is 0 Å². The number of nitro groups is 1. The minimum atomic E-state index is -5.08. The van der Waals surface area contributed by atoms with Crippen LogP contribution in [0.1, 0.15) is 5.69 Å². The predicted octanol–water partition coefficient (Wildman–Crippen LogP) is 0.929. The lowest BCUT2D eigenvalue weighted by atomic mass is 10.3. The topological polar surface area (TPSA) is 117 Å². The number of nitrogens with zero attached hydrogens (tertiary/aromatic N) is 2. The van der Waals surface area contributed by atoms with Gasteiger partial charge in [-0.2, -0.15) is 0 Å². The van der Waals surface area contributed by atoms with Crippen molar-refractivity contribution in [1.82, 2.24) is 4.98 Å². The van der Waals surface area contributed by atoms with Gasteiger partial charge in [0.05, 0.1) is 16.3 Å². The molecule has 1 rings (SSSR count). The molecule has 94 valence electrons. The summed E-state index contributed by atoms with van der Waals surface area (Å²) in [6.07, 6.45) is -5.08. The van der Waals surface area contributed by atoms with E-state index in [4.69, 9.17) is 11.5 Å². The van der Waals surface area contributed by atoms with Crippen LogP contribution in [0, 0.1) is 10.1 Å². The molecule has 0 bridgehead atoms. The zero-order valence-corrected chi connectivity index (χ0v) is 8.19. The van der Waals surface area contributed by atoms with Crippen LogP contribution in [0.25, 0.3) is 0 Å². The summed E-state index contributed by atoms with van der Waals surface area (Å²) >= 11 is 0. The van der Waals surface area contributed by atoms with E-state index >= 15 is 0 Å². The van der Waals surface area contributed by atoms with Crippen molar-refractivity contribution in [2.45, 2.75) is 12.9 Å². The van der Waals surface area contributed by atoms with E-state index in [1.807, 2.05) is 0 Å². The van der Waals surface area contributed by atoms with Crippen molar-refractivity contribution in [1.29, 1.82) is 0 Å². The normalized spacial score (nSPS) is 11.3. The van der Waals surface area contributed by atoms with Crippen molar-refractivity contribution < 1.29 is 22.8 Å². The number of hydrogen-bond donors (Lipinski definition) is 2. The fraction of sp³-hybridized carbons (Fsp3) is 0.286. The van der Waals surface area contributed by atoms with Gasteiger partial charge in [-0.15, -0.1) is 13.2 Å². The van der Waals surface area contributed by atoms with Crippen LogP contribution in [0.15, 0.2) is 6.07 Å². The van der Waals surface area contributed by atoms with Crippen LogP contribution in [0.5, 0.6) is 5.88 Å². The van der Waals surface area contributed by atoms with Gasteiger partial charge in [0.15, 0.2) is 0 Å². The van der Waals surface area contributed by atoms with Crippen molar-refractivity contribution in [3.63, 3.8) is 0 Å². The number of hydrogen-bond acceptors (Lipinski definition) is 6. The smallest absolute Gasteiger partial charge is 0.397 e. The molecule has 0 fully saturated rings. The molecule has 4 N–H and O–H groups in total. The van der Waals surface area contributed by atoms with Crippen LogP contribution in [0.4, 0.5) is 24.5 Å². The number of nitrogens with two attached hydrogens (primary N) is 2. The van der Waals surface area contributed by atoms with Crippen molar-refractivity contribution in [2.24, 2.45) is 5.73 Å². The molecular weight excluding hydrogens is 245 g/mol. The molecule has 0 saturated carbocycles. The van der Waals surface area contributed by atoms with Crippen LogP contribution < -0.4 is 16.2 Å². The highest BCUT2D eigenvalue weighted by Gasteiger charge is 2.36. The molecule has 0 spiro atoms. The Labute approximate surface area is 92.3 Å². The van der Waals surface area contributed by atoms with Crippen LogP contribution in [-0.2, 0) is 6.54 Å². The third-order valence-corrected chi connectivity index (χ3v) is 1.68. The van der Waals surface area contributed by atoms with Crippen LogP contribution in [0.2, 0.25) is 0 Å². The zero-order valence-electron chi connectivity index (χ0n) is 8.19. The van der Waals surface area contributed by atoms with Gasteiger partial charge in [0, 0.05) is 12.6 Å². The minimum Gasteiger partial charge on any atom is -0.397 e. The molecule has 0 amide bonds. The molecule has 0 atom stereocenters. The van der Waals surface area contributed by atoms with Crippen LogP contribution in [0.3, 0.4) is 0 Å². The molecule has 0 aliphatic rings. The average molecular weight is 252 g/mol. The Morgan fingerprint density at radius 2 is 2.12 bits per heavy atom. The molecule has 10 heteroatoms. The first-order valence-corrected chi connectivity index (χ1v) is 4.14. The molecule has 0 saturated heterocycles. The summed E-state index contributed by atoms with van der Waals surface area (Å²) in [6, 6.07) is 0.719. The third-order valence-electron chi connectivity index (χ3n) is 1.68. The van der Waals surface area contributed by atoms with E-state index < -0.39 is 22.9 Å². The summed E-state index contributed by atoms with van der Waals surface area (Å²) in [5.41, 5.74) is 9.22. The maximum atomic E-state index is 12.0. The van der Waals surface area contributed by atoms with Crippen LogP contribution >= 0.6 is 0 Å². The Kier molecular flexibility index (Phi) is 3.36. The van der Waals surface area contributed by atoms with E-state index in [1.165, 1.54) is 0 Å². The van der Waals surface area contributed by atoms with Gasteiger partial charge in [-0.3, -0.25) is 10.1 Å². The summed E-state index contributed by atoms with van der Waals surface area (Å²) in [5, 5.41) is 10.5. The average Bonchev–Trinajstić information content (AvgIpc) is 2.17. The number of aromatic nitrogens is 1. The Hall–Kier alpha value is -2.10. The first-order chi connectivity index (χ1) is 7.74. The molecule has 1 heterocycles. The maximum Gasteiger partial charge on any atom is 0.574 e. The lowest BCUT2D eigenvalue weighted by Crippen LogP contribution is -2.20. The highest BCUT2D eigenvalue weighted by molar-refractivity contribution is 5.55. The fourth-order valence-electron chi connectivity index (χ4n) is 1.02. The number of alkyl halides is 3. The third kappa shape index (κ3) is 3.17. The Bertz CT molecular complexity index is 449. The highest BCUT2D eigenvalue weighted by atomic mass is 19.4. The van der Waals surface area contributed by atoms with Gasteiger partial charge in [-0.1, -0.05) is 0 Å². The number of pyridine rings is 1. The highest BCUT2D eigenvalue weighted by Crippen LogP contribution is 2.32. The van der Waals surface area contributed by atoms with Gasteiger partial charge < -0.3 is 16.2 Å². The molecule has 1 aromatic heterocycles. The second-order valence-corrected chi connectivity index (χ2v) is 2.86. The van der Waals surface area contributed by atoms with Crippen molar-refractivity contribution in [2.75, 3.05) is 5.73 Å². The molecule has 0 aromatic carbocycles. The summed E-state index contributed by atoms with van der Waals surface area (Å²) in [7, 11) is 0. The fourth-order valence-corrected chi connectivity index (χ4v) is 1.02. The number of halogens is 3. The van der Waals surface area contributed by atoms with E-state index in [9.17, 15) is 23.3 Å². The van der Waals surface area contributed by atoms with E-state index in [2.05, 4.69) is 9.72 Å². The van der Waals surface area contributed by atoms with E-state index in [1.54, 1.807) is 0 Å². The number of anilines is 1. The maximum absolute atomic E-state index is 12.0. The summed E-state index contributed by atoms with van der Waals surface area (Å²) in [4.78, 5) is 12.7. The number of rotatable bonds is 3. The molecule has 0 unspecified atom stereocenters. The lowest BCUT2D eigenvalue weighted by molar-refractivity contribution is -0.389. The number of ether oxygens (including phenoxy) is 1. The lowest BCUT2D eigenvalue weighted by Gasteiger charge is -2.10. The first kappa shape index (κ1) is 13.0. The minimum absolute atomic E-state index is 0.116. The predicted molar refractivity (Wildman–Crippen MR) is 49.9 cm³/mol. The largest absolute Gasteiger partial charge is 0.574 e.